The summed E-state index contributed by atoms with van der Waals surface area (Å²) in [5, 5.41) is 12.4. The van der Waals surface area contributed by atoms with Gasteiger partial charge in [-0.15, -0.1) is 10.2 Å². The van der Waals surface area contributed by atoms with Crippen LogP contribution in [0.5, 0.6) is 5.75 Å². The molecule has 1 aliphatic heterocycles. The second kappa shape index (κ2) is 9.26. The highest BCUT2D eigenvalue weighted by Crippen LogP contribution is 2.34. The van der Waals surface area contributed by atoms with Crippen LogP contribution in [0, 0.1) is 0 Å². The molecule has 3 aromatic rings. The Morgan fingerprint density at radius 2 is 1.84 bits per heavy atom. The number of anilines is 2. The van der Waals surface area contributed by atoms with E-state index in [1.165, 1.54) is 16.9 Å². The lowest BCUT2D eigenvalue weighted by atomic mass is 10.1. The maximum absolute atomic E-state index is 12.6. The van der Waals surface area contributed by atoms with Gasteiger partial charge in [-0.25, -0.2) is 0 Å². The summed E-state index contributed by atoms with van der Waals surface area (Å²) in [6, 6.07) is 15.4. The van der Waals surface area contributed by atoms with E-state index in [4.69, 9.17) is 4.74 Å². The molecular weight excluding hydrogens is 412 g/mol. The molecule has 1 atom stereocenters. The molecule has 31 heavy (non-hydrogen) atoms. The zero-order chi connectivity index (χ0) is 21.8. The largest absolute Gasteiger partial charge is 0.497 e. The van der Waals surface area contributed by atoms with Gasteiger partial charge >= 0.3 is 0 Å². The molecule has 7 nitrogen and oxygen atoms in total. The van der Waals surface area contributed by atoms with Crippen LogP contribution in [0.25, 0.3) is 0 Å². The monoisotopic (exact) mass is 436 g/mol. The third-order valence-corrected chi connectivity index (χ3v) is 6.34. The van der Waals surface area contributed by atoms with Crippen LogP contribution in [-0.4, -0.2) is 35.7 Å². The van der Waals surface area contributed by atoms with Crippen LogP contribution in [0.3, 0.4) is 0 Å². The number of ether oxygens (including phenoxy) is 1. The Morgan fingerprint density at radius 3 is 2.52 bits per heavy atom. The fourth-order valence-electron chi connectivity index (χ4n) is 3.58. The van der Waals surface area contributed by atoms with E-state index in [0.29, 0.717) is 18.1 Å². The average molecular weight is 437 g/mol. The molecule has 2 heterocycles. The van der Waals surface area contributed by atoms with E-state index in [1.807, 2.05) is 36.4 Å². The van der Waals surface area contributed by atoms with E-state index in [9.17, 15) is 9.59 Å². The number of aromatic nitrogens is 2. The number of nitrogens with one attached hydrogen (secondary N) is 1. The molecular formula is C23H24N4O3S. The summed E-state index contributed by atoms with van der Waals surface area (Å²) in [6.07, 6.45) is 1.60. The Hall–Kier alpha value is -3.26. The van der Waals surface area contributed by atoms with Crippen molar-refractivity contribution in [2.75, 3.05) is 23.9 Å². The zero-order valence-electron chi connectivity index (χ0n) is 17.5. The topological polar surface area (TPSA) is 84.4 Å². The number of carbonyl (C=O) groups excluding carboxylic acids is 2. The second-order valence-corrected chi connectivity index (χ2v) is 8.45. The summed E-state index contributed by atoms with van der Waals surface area (Å²) in [5.41, 5.74) is 3.03. The molecule has 1 fully saturated rings. The quantitative estimate of drug-likeness (QED) is 0.609. The molecule has 1 unspecified atom stereocenters. The molecule has 0 aliphatic carbocycles. The number of aryl methyl sites for hydroxylation is 1. The molecule has 0 saturated carbocycles. The van der Waals surface area contributed by atoms with Gasteiger partial charge in [0.1, 0.15) is 10.8 Å². The van der Waals surface area contributed by atoms with Crippen molar-refractivity contribution in [2.24, 2.45) is 0 Å². The fourth-order valence-corrected chi connectivity index (χ4v) is 4.43. The first-order valence-corrected chi connectivity index (χ1v) is 11.0. The summed E-state index contributed by atoms with van der Waals surface area (Å²) < 4.78 is 5.13. The Balaban J connectivity index is 1.36. The van der Waals surface area contributed by atoms with Crippen LogP contribution in [0.1, 0.15) is 35.4 Å². The van der Waals surface area contributed by atoms with Gasteiger partial charge in [0, 0.05) is 24.6 Å². The second-order valence-electron chi connectivity index (χ2n) is 7.44. The van der Waals surface area contributed by atoms with Crippen LogP contribution in [0.4, 0.5) is 10.8 Å². The number of amides is 2. The van der Waals surface area contributed by atoms with Gasteiger partial charge in [0.2, 0.25) is 16.9 Å². The fraction of sp³-hybridized carbons (Fsp3) is 0.304. The van der Waals surface area contributed by atoms with Crippen molar-refractivity contribution in [3.05, 3.63) is 64.7 Å². The van der Waals surface area contributed by atoms with Crippen molar-refractivity contribution in [1.82, 2.24) is 10.2 Å². The molecule has 0 radical (unpaired) electrons. The predicted octanol–water partition coefficient (Wildman–Crippen LogP) is 3.81. The van der Waals surface area contributed by atoms with E-state index < -0.39 is 0 Å². The molecule has 4 rings (SSSR count). The highest BCUT2D eigenvalue weighted by atomic mass is 32.1. The van der Waals surface area contributed by atoms with Crippen LogP contribution in [0.2, 0.25) is 0 Å². The maximum atomic E-state index is 12.6. The van der Waals surface area contributed by atoms with Gasteiger partial charge in [0.05, 0.1) is 13.5 Å². The summed E-state index contributed by atoms with van der Waals surface area (Å²) in [7, 11) is 1.61. The van der Waals surface area contributed by atoms with Crippen molar-refractivity contribution in [3.8, 4) is 5.75 Å². The van der Waals surface area contributed by atoms with Gasteiger partial charge in [-0.2, -0.15) is 0 Å². The van der Waals surface area contributed by atoms with E-state index in [2.05, 4.69) is 34.6 Å². The minimum absolute atomic E-state index is 0.0249. The molecule has 1 saturated heterocycles. The van der Waals surface area contributed by atoms with Crippen molar-refractivity contribution in [3.63, 3.8) is 0 Å². The molecule has 2 amide bonds. The lowest BCUT2D eigenvalue weighted by Gasteiger charge is -2.16. The minimum atomic E-state index is -0.159. The number of hydrogen-bond donors (Lipinski definition) is 1. The van der Waals surface area contributed by atoms with Crippen molar-refractivity contribution in [1.29, 1.82) is 0 Å². The van der Waals surface area contributed by atoms with E-state index in [1.54, 1.807) is 12.0 Å². The summed E-state index contributed by atoms with van der Waals surface area (Å²) in [6.45, 7) is 2.67. The first-order chi connectivity index (χ1) is 15.1. The highest BCUT2D eigenvalue weighted by molar-refractivity contribution is 7.15. The third kappa shape index (κ3) is 4.91. The average Bonchev–Trinajstić information content (AvgIpc) is 3.41. The minimum Gasteiger partial charge on any atom is -0.497 e. The molecule has 160 valence electrons. The molecule has 2 aromatic carbocycles. The number of methoxy groups -OCH3 is 1. The van der Waals surface area contributed by atoms with E-state index in [0.717, 1.165) is 28.4 Å². The number of benzene rings is 2. The first-order valence-electron chi connectivity index (χ1n) is 10.2. The van der Waals surface area contributed by atoms with Crippen LogP contribution < -0.4 is 15.0 Å². The standard InChI is InChI=1S/C23H24N4O3S/c1-3-15-4-8-18(9-5-15)27-14-17(13-21(27)29)22-25-26-23(31-22)24-20(28)12-16-6-10-19(30-2)11-7-16/h4-11,17H,3,12-14H2,1-2H3,(H,24,26,28). The summed E-state index contributed by atoms with van der Waals surface area (Å²) in [4.78, 5) is 26.7. The summed E-state index contributed by atoms with van der Waals surface area (Å²) >= 11 is 1.33. The van der Waals surface area contributed by atoms with Gasteiger partial charge in [-0.1, -0.05) is 42.5 Å². The van der Waals surface area contributed by atoms with Gasteiger partial charge in [-0.3, -0.25) is 9.59 Å². The zero-order valence-corrected chi connectivity index (χ0v) is 18.3. The van der Waals surface area contributed by atoms with Gasteiger partial charge in [0.15, 0.2) is 0 Å². The first kappa shape index (κ1) is 21.0. The number of hydrogen-bond acceptors (Lipinski definition) is 6. The molecule has 0 bridgehead atoms. The lowest BCUT2D eigenvalue weighted by Crippen LogP contribution is -2.24. The van der Waals surface area contributed by atoms with Crippen LogP contribution in [-0.2, 0) is 22.4 Å². The normalized spacial score (nSPS) is 15.9. The van der Waals surface area contributed by atoms with Gasteiger partial charge < -0.3 is 15.0 Å². The smallest absolute Gasteiger partial charge is 0.230 e. The Bertz CT molecular complexity index is 1060. The Labute approximate surface area is 185 Å². The predicted molar refractivity (Wildman–Crippen MR) is 121 cm³/mol. The SMILES string of the molecule is CCc1ccc(N2CC(c3nnc(NC(=O)Cc4ccc(OC)cc4)s3)CC2=O)cc1. The van der Waals surface area contributed by atoms with Crippen LogP contribution in [0.15, 0.2) is 48.5 Å². The van der Waals surface area contributed by atoms with E-state index >= 15 is 0 Å². The van der Waals surface area contributed by atoms with Gasteiger partial charge in [-0.05, 0) is 41.8 Å². The number of nitrogens with zero attached hydrogens (tertiary/aromatic N) is 3. The molecule has 1 N–H and O–H groups in total. The number of rotatable bonds is 7. The maximum Gasteiger partial charge on any atom is 0.230 e. The van der Waals surface area contributed by atoms with Crippen molar-refractivity contribution < 1.29 is 14.3 Å². The summed E-state index contributed by atoms with van der Waals surface area (Å²) in [5.74, 6) is 0.644. The highest BCUT2D eigenvalue weighted by Gasteiger charge is 2.34. The Morgan fingerprint density at radius 1 is 1.13 bits per heavy atom. The van der Waals surface area contributed by atoms with Crippen LogP contribution >= 0.6 is 11.3 Å². The molecule has 0 spiro atoms. The number of carbonyl (C=O) groups is 2. The van der Waals surface area contributed by atoms with E-state index in [-0.39, 0.29) is 24.2 Å². The lowest BCUT2D eigenvalue weighted by molar-refractivity contribution is -0.117. The van der Waals surface area contributed by atoms with Crippen molar-refractivity contribution in [2.45, 2.75) is 32.1 Å². The van der Waals surface area contributed by atoms with Crippen molar-refractivity contribution >= 4 is 34.0 Å². The van der Waals surface area contributed by atoms with Gasteiger partial charge in [0.25, 0.3) is 0 Å². The Kier molecular flexibility index (Phi) is 6.27. The molecule has 1 aromatic heterocycles. The molecule has 1 aliphatic rings. The molecule has 8 heteroatoms. The third-order valence-electron chi connectivity index (χ3n) is 5.34.